The van der Waals surface area contributed by atoms with Gasteiger partial charge in [0.1, 0.15) is 0 Å². The Balaban J connectivity index is 1.93. The van der Waals surface area contributed by atoms with Gasteiger partial charge >= 0.3 is 0 Å². The number of nitrogens with zero attached hydrogens (tertiary/aromatic N) is 1. The first kappa shape index (κ1) is 14.0. The summed E-state index contributed by atoms with van der Waals surface area (Å²) < 4.78 is 0. The highest BCUT2D eigenvalue weighted by Gasteiger charge is 2.20. The molecule has 0 bridgehead atoms. The molecule has 2 heteroatoms. The molecule has 1 aromatic rings. The lowest BCUT2D eigenvalue weighted by Crippen LogP contribution is -2.35. The molecular formula is C17H23NO. The van der Waals surface area contributed by atoms with Crippen molar-refractivity contribution in [3.8, 4) is 0 Å². The molecule has 1 fully saturated rings. The molecule has 0 N–H and O–H groups in total. The minimum Gasteiger partial charge on any atom is -0.294 e. The molecule has 1 heterocycles. The molecule has 0 aromatic heterocycles. The van der Waals surface area contributed by atoms with Crippen molar-refractivity contribution in [1.29, 1.82) is 0 Å². The Morgan fingerprint density at radius 1 is 1.26 bits per heavy atom. The van der Waals surface area contributed by atoms with E-state index in [0.717, 1.165) is 31.6 Å². The number of unbranched alkanes of at least 4 members (excludes halogenated alkanes) is 2. The first-order valence-electron chi connectivity index (χ1n) is 7.28. The van der Waals surface area contributed by atoms with Crippen LogP contribution in [0, 0.1) is 0 Å². The van der Waals surface area contributed by atoms with Gasteiger partial charge in [0.15, 0.2) is 5.78 Å². The van der Waals surface area contributed by atoms with Crippen LogP contribution in [0.3, 0.4) is 0 Å². The fourth-order valence-corrected chi connectivity index (χ4v) is 2.46. The molecule has 2 rings (SSSR count). The number of carbonyl (C=O) groups is 1. The number of carbonyl (C=O) groups excluding carboxylic acids is 1. The number of Topliss-reactive ketones (excluding diaryl/α,β-unsaturated/α-hetero) is 1. The first-order valence-corrected chi connectivity index (χ1v) is 7.28. The van der Waals surface area contributed by atoms with Crippen molar-refractivity contribution in [3.63, 3.8) is 0 Å². The molecule has 1 aromatic carbocycles. The molecule has 102 valence electrons. The van der Waals surface area contributed by atoms with Gasteiger partial charge in [-0.2, -0.15) is 0 Å². The third kappa shape index (κ3) is 4.32. The van der Waals surface area contributed by atoms with Crippen molar-refractivity contribution >= 4 is 5.78 Å². The summed E-state index contributed by atoms with van der Waals surface area (Å²) in [4.78, 5) is 14.3. The summed E-state index contributed by atoms with van der Waals surface area (Å²) in [5.74, 6) is 0.348. The Morgan fingerprint density at radius 3 is 2.79 bits per heavy atom. The zero-order valence-electron chi connectivity index (χ0n) is 11.8. The van der Waals surface area contributed by atoms with E-state index in [1.165, 1.54) is 18.4 Å². The van der Waals surface area contributed by atoms with Crippen molar-refractivity contribution in [2.24, 2.45) is 0 Å². The van der Waals surface area contributed by atoms with E-state index in [2.05, 4.69) is 42.2 Å². The molecule has 0 radical (unpaired) electrons. The summed E-state index contributed by atoms with van der Waals surface area (Å²) in [7, 11) is 0. The summed E-state index contributed by atoms with van der Waals surface area (Å²) in [6, 6.07) is 10.5. The highest BCUT2D eigenvalue weighted by molar-refractivity contribution is 5.96. The zero-order valence-corrected chi connectivity index (χ0v) is 11.8. The van der Waals surface area contributed by atoms with Crippen LogP contribution in [0.5, 0.6) is 0 Å². The number of allylic oxidation sites excluding steroid dienone is 1. The van der Waals surface area contributed by atoms with E-state index < -0.39 is 0 Å². The lowest BCUT2D eigenvalue weighted by molar-refractivity contribution is -0.117. The smallest absolute Gasteiger partial charge is 0.161 e. The van der Waals surface area contributed by atoms with Crippen LogP contribution < -0.4 is 0 Å². The standard InChI is InChI=1S/C17H23NO/c1-2-3-5-10-16-14-18(12-11-17(16)19)13-15-8-6-4-7-9-15/h4,6-10H,2-3,5,11-14H2,1H3/b16-10-. The summed E-state index contributed by atoms with van der Waals surface area (Å²) in [5, 5.41) is 0. The lowest BCUT2D eigenvalue weighted by Gasteiger charge is -2.27. The minimum absolute atomic E-state index is 0.348. The second kappa shape index (κ2) is 7.25. The van der Waals surface area contributed by atoms with Gasteiger partial charge in [0.25, 0.3) is 0 Å². The number of likely N-dealkylation sites (tertiary alicyclic amines) is 1. The number of benzene rings is 1. The minimum atomic E-state index is 0.348. The predicted molar refractivity (Wildman–Crippen MR) is 79.0 cm³/mol. The molecule has 0 aliphatic carbocycles. The Morgan fingerprint density at radius 2 is 2.05 bits per heavy atom. The molecule has 19 heavy (non-hydrogen) atoms. The Labute approximate surface area is 116 Å². The SMILES string of the molecule is CCCC/C=C1/CN(Cc2ccccc2)CCC1=O. The predicted octanol–water partition coefficient (Wildman–Crippen LogP) is 3.58. The largest absolute Gasteiger partial charge is 0.294 e. The van der Waals surface area contributed by atoms with Gasteiger partial charge in [-0.3, -0.25) is 9.69 Å². The number of hydrogen-bond acceptors (Lipinski definition) is 2. The van der Waals surface area contributed by atoms with Gasteiger partial charge in [-0.1, -0.05) is 56.2 Å². The average molecular weight is 257 g/mol. The lowest BCUT2D eigenvalue weighted by atomic mass is 10.0. The van der Waals surface area contributed by atoms with Crippen LogP contribution in [0.25, 0.3) is 0 Å². The van der Waals surface area contributed by atoms with E-state index in [-0.39, 0.29) is 0 Å². The molecular weight excluding hydrogens is 234 g/mol. The second-order valence-electron chi connectivity index (χ2n) is 5.24. The molecule has 0 spiro atoms. The number of ketones is 1. The molecule has 0 unspecified atom stereocenters. The summed E-state index contributed by atoms with van der Waals surface area (Å²) in [5.41, 5.74) is 2.35. The fourth-order valence-electron chi connectivity index (χ4n) is 2.46. The van der Waals surface area contributed by atoms with Gasteiger partial charge in [0.05, 0.1) is 0 Å². The average Bonchev–Trinajstić information content (AvgIpc) is 2.44. The van der Waals surface area contributed by atoms with Gasteiger partial charge in [-0.05, 0) is 12.0 Å². The van der Waals surface area contributed by atoms with Crippen LogP contribution >= 0.6 is 0 Å². The number of rotatable bonds is 5. The topological polar surface area (TPSA) is 20.3 Å². The van der Waals surface area contributed by atoms with Gasteiger partial charge < -0.3 is 0 Å². The summed E-state index contributed by atoms with van der Waals surface area (Å²) in [6.45, 7) is 4.83. The quantitative estimate of drug-likeness (QED) is 0.593. The van der Waals surface area contributed by atoms with Crippen LogP contribution in [0.4, 0.5) is 0 Å². The van der Waals surface area contributed by atoms with E-state index in [9.17, 15) is 4.79 Å². The van der Waals surface area contributed by atoms with Crippen molar-refractivity contribution in [1.82, 2.24) is 4.90 Å². The molecule has 1 aliphatic heterocycles. The fraction of sp³-hybridized carbons (Fsp3) is 0.471. The van der Waals surface area contributed by atoms with E-state index in [0.29, 0.717) is 12.2 Å². The maximum Gasteiger partial charge on any atom is 0.161 e. The number of hydrogen-bond donors (Lipinski definition) is 0. The van der Waals surface area contributed by atoms with Crippen molar-refractivity contribution in [3.05, 3.63) is 47.5 Å². The van der Waals surface area contributed by atoms with Crippen molar-refractivity contribution in [2.45, 2.75) is 39.2 Å². The number of piperidine rings is 1. The van der Waals surface area contributed by atoms with Gasteiger partial charge in [0, 0.05) is 31.6 Å². The molecule has 0 atom stereocenters. The molecule has 1 aliphatic rings. The van der Waals surface area contributed by atoms with E-state index in [4.69, 9.17) is 0 Å². The summed E-state index contributed by atoms with van der Waals surface area (Å²) >= 11 is 0. The molecule has 0 amide bonds. The Hall–Kier alpha value is -1.41. The maximum atomic E-state index is 11.9. The van der Waals surface area contributed by atoms with Crippen molar-refractivity contribution < 1.29 is 4.79 Å². The highest BCUT2D eigenvalue weighted by Crippen LogP contribution is 2.16. The Kier molecular flexibility index (Phi) is 5.34. The Bertz CT molecular complexity index is 436. The van der Waals surface area contributed by atoms with Gasteiger partial charge in [-0.25, -0.2) is 0 Å². The first-order chi connectivity index (χ1) is 9.29. The second-order valence-corrected chi connectivity index (χ2v) is 5.24. The van der Waals surface area contributed by atoms with Crippen LogP contribution in [0.1, 0.15) is 38.2 Å². The van der Waals surface area contributed by atoms with E-state index in [1.807, 2.05) is 6.07 Å². The highest BCUT2D eigenvalue weighted by atomic mass is 16.1. The third-order valence-corrected chi connectivity index (χ3v) is 3.60. The van der Waals surface area contributed by atoms with Crippen molar-refractivity contribution in [2.75, 3.05) is 13.1 Å². The van der Waals surface area contributed by atoms with E-state index >= 15 is 0 Å². The zero-order chi connectivity index (χ0) is 13.5. The van der Waals surface area contributed by atoms with Crippen LogP contribution in [-0.2, 0) is 11.3 Å². The van der Waals surface area contributed by atoms with Gasteiger partial charge in [-0.15, -0.1) is 0 Å². The van der Waals surface area contributed by atoms with Crippen LogP contribution in [-0.4, -0.2) is 23.8 Å². The molecule has 0 saturated carbocycles. The van der Waals surface area contributed by atoms with Crippen LogP contribution in [0.15, 0.2) is 42.0 Å². The maximum absolute atomic E-state index is 11.9. The molecule has 2 nitrogen and oxygen atoms in total. The van der Waals surface area contributed by atoms with E-state index in [1.54, 1.807) is 0 Å². The molecule has 1 saturated heterocycles. The monoisotopic (exact) mass is 257 g/mol. The van der Waals surface area contributed by atoms with Gasteiger partial charge in [0.2, 0.25) is 0 Å². The normalized spacial score (nSPS) is 19.0. The third-order valence-electron chi connectivity index (χ3n) is 3.60. The summed E-state index contributed by atoms with van der Waals surface area (Å²) in [6.07, 6.45) is 6.23. The van der Waals surface area contributed by atoms with Crippen LogP contribution in [0.2, 0.25) is 0 Å².